The molecule has 0 aromatic heterocycles. The number of ketones is 1. The van der Waals surface area contributed by atoms with E-state index in [4.69, 9.17) is 10.2 Å². The van der Waals surface area contributed by atoms with Gasteiger partial charge in [-0.05, 0) is 20.3 Å². The Hall–Kier alpha value is -0.780. The van der Waals surface area contributed by atoms with E-state index in [2.05, 4.69) is 0 Å². The monoisotopic (exact) mass is 218 g/mol. The molecule has 0 bridgehead atoms. The van der Waals surface area contributed by atoms with E-state index in [1.54, 1.807) is 0 Å². The number of carbonyl (C=O) groups excluding carboxylic acids is 2. The number of carbonyl (C=O) groups is 2. The van der Waals surface area contributed by atoms with Gasteiger partial charge in [0.05, 0.1) is 12.2 Å². The number of hydrogen-bond acceptors (Lipinski definition) is 5. The molecule has 5 nitrogen and oxygen atoms in total. The van der Waals surface area contributed by atoms with E-state index in [1.165, 1.54) is 13.8 Å². The van der Waals surface area contributed by atoms with Crippen molar-refractivity contribution in [3.63, 3.8) is 0 Å². The quantitative estimate of drug-likeness (QED) is 0.490. The first-order chi connectivity index (χ1) is 6.88. The lowest BCUT2D eigenvalue weighted by atomic mass is 9.94. The van der Waals surface area contributed by atoms with Gasteiger partial charge in [0.25, 0.3) is 0 Å². The molecule has 0 amide bonds. The van der Waals surface area contributed by atoms with E-state index in [0.29, 0.717) is 6.29 Å². The van der Waals surface area contributed by atoms with Crippen LogP contribution in [0.4, 0.5) is 0 Å². The van der Waals surface area contributed by atoms with Crippen molar-refractivity contribution < 1.29 is 24.9 Å². The van der Waals surface area contributed by atoms with Crippen molar-refractivity contribution in [2.24, 2.45) is 5.92 Å². The number of aliphatic hydroxyl groups is 3. The summed E-state index contributed by atoms with van der Waals surface area (Å²) < 4.78 is 0. The summed E-state index contributed by atoms with van der Waals surface area (Å²) in [7, 11) is 0. The van der Waals surface area contributed by atoms with Gasteiger partial charge in [-0.2, -0.15) is 0 Å². The smallest absolute Gasteiger partial charge is 0.161 e. The lowest BCUT2D eigenvalue weighted by Crippen LogP contribution is -2.28. The minimum Gasteiger partial charge on any atom is -0.391 e. The highest BCUT2D eigenvalue weighted by molar-refractivity contribution is 5.84. The number of hydrogen-bond donors (Lipinski definition) is 3. The van der Waals surface area contributed by atoms with Gasteiger partial charge in [-0.1, -0.05) is 0 Å². The first kappa shape index (κ1) is 14.2. The zero-order valence-corrected chi connectivity index (χ0v) is 8.96. The summed E-state index contributed by atoms with van der Waals surface area (Å²) >= 11 is 0. The Morgan fingerprint density at radius 2 is 1.80 bits per heavy atom. The van der Waals surface area contributed by atoms with Gasteiger partial charge in [0, 0.05) is 12.3 Å². The lowest BCUT2D eigenvalue weighted by molar-refractivity contribution is -0.129. The van der Waals surface area contributed by atoms with Crippen LogP contribution in [0.5, 0.6) is 0 Å². The van der Waals surface area contributed by atoms with Gasteiger partial charge in [0.2, 0.25) is 0 Å². The predicted octanol–water partition coefficient (Wildman–Crippen LogP) is -0.727. The molecule has 0 aromatic carbocycles. The van der Waals surface area contributed by atoms with Gasteiger partial charge in [0.1, 0.15) is 12.4 Å². The highest BCUT2D eigenvalue weighted by Gasteiger charge is 2.21. The van der Waals surface area contributed by atoms with Gasteiger partial charge >= 0.3 is 0 Å². The molecule has 0 aliphatic rings. The van der Waals surface area contributed by atoms with Gasteiger partial charge in [-0.15, -0.1) is 0 Å². The summed E-state index contributed by atoms with van der Waals surface area (Å²) in [4.78, 5) is 21.7. The number of rotatable bonds is 7. The van der Waals surface area contributed by atoms with E-state index >= 15 is 0 Å². The highest BCUT2D eigenvalue weighted by atomic mass is 16.3. The summed E-state index contributed by atoms with van der Waals surface area (Å²) in [5.74, 6) is -1.10. The molecular weight excluding hydrogens is 200 g/mol. The fourth-order valence-electron chi connectivity index (χ4n) is 1.12. The van der Waals surface area contributed by atoms with E-state index in [-0.39, 0.29) is 12.8 Å². The topological polar surface area (TPSA) is 94.8 Å². The number of Topliss-reactive ketones (excluding diaryl/α,β-unsaturated/α-hetero) is 1. The summed E-state index contributed by atoms with van der Waals surface area (Å²) in [6, 6.07) is 0. The maximum atomic E-state index is 11.1. The molecule has 88 valence electrons. The Morgan fingerprint density at radius 1 is 1.27 bits per heavy atom. The molecule has 0 heterocycles. The third-order valence-corrected chi connectivity index (χ3v) is 2.22. The molecule has 5 heteroatoms. The molecule has 0 rings (SSSR count). The Bertz CT molecular complexity index is 212. The Kier molecular flexibility index (Phi) is 6.31. The molecule has 0 aliphatic heterocycles. The molecule has 0 aromatic rings. The van der Waals surface area contributed by atoms with Gasteiger partial charge in [-0.3, -0.25) is 4.79 Å². The van der Waals surface area contributed by atoms with E-state index in [9.17, 15) is 14.7 Å². The van der Waals surface area contributed by atoms with Crippen LogP contribution in [-0.2, 0) is 9.59 Å². The van der Waals surface area contributed by atoms with Crippen molar-refractivity contribution in [1.82, 2.24) is 0 Å². The first-order valence-electron chi connectivity index (χ1n) is 4.90. The van der Waals surface area contributed by atoms with Crippen molar-refractivity contribution in [2.75, 3.05) is 0 Å². The SMILES string of the molecule is CC(O)C(=O)CC(C=O)CC(O)C(C)O. The van der Waals surface area contributed by atoms with Crippen LogP contribution in [0.3, 0.4) is 0 Å². The third-order valence-electron chi connectivity index (χ3n) is 2.22. The minimum absolute atomic E-state index is 0.0274. The second kappa shape index (κ2) is 6.66. The largest absolute Gasteiger partial charge is 0.391 e. The van der Waals surface area contributed by atoms with Crippen LogP contribution in [0.15, 0.2) is 0 Å². The Morgan fingerprint density at radius 3 is 2.13 bits per heavy atom. The van der Waals surface area contributed by atoms with Crippen LogP contribution >= 0.6 is 0 Å². The molecule has 4 atom stereocenters. The maximum Gasteiger partial charge on any atom is 0.161 e. The van der Waals surface area contributed by atoms with Crippen molar-refractivity contribution in [1.29, 1.82) is 0 Å². The maximum absolute atomic E-state index is 11.1. The molecule has 0 fully saturated rings. The van der Waals surface area contributed by atoms with Crippen molar-refractivity contribution in [3.05, 3.63) is 0 Å². The van der Waals surface area contributed by atoms with Crippen molar-refractivity contribution in [3.8, 4) is 0 Å². The lowest BCUT2D eigenvalue weighted by Gasteiger charge is -2.17. The fraction of sp³-hybridized carbons (Fsp3) is 0.800. The normalized spacial score (nSPS) is 19.0. The summed E-state index contributed by atoms with van der Waals surface area (Å²) in [6.45, 7) is 2.73. The molecule has 0 aliphatic carbocycles. The second-order valence-corrected chi connectivity index (χ2v) is 3.79. The fourth-order valence-corrected chi connectivity index (χ4v) is 1.12. The van der Waals surface area contributed by atoms with Crippen LogP contribution in [0.1, 0.15) is 26.7 Å². The molecule has 0 saturated heterocycles. The van der Waals surface area contributed by atoms with Gasteiger partial charge in [-0.25, -0.2) is 0 Å². The third kappa shape index (κ3) is 5.61. The molecular formula is C10H18O5. The predicted molar refractivity (Wildman–Crippen MR) is 53.2 cm³/mol. The van der Waals surface area contributed by atoms with Crippen LogP contribution in [-0.4, -0.2) is 45.7 Å². The molecule has 0 spiro atoms. The molecule has 4 unspecified atom stereocenters. The summed E-state index contributed by atoms with van der Waals surface area (Å²) in [6.07, 6.45) is -2.58. The summed E-state index contributed by atoms with van der Waals surface area (Å²) in [5.41, 5.74) is 0. The highest BCUT2D eigenvalue weighted by Crippen LogP contribution is 2.12. The zero-order chi connectivity index (χ0) is 12.0. The first-order valence-corrected chi connectivity index (χ1v) is 4.90. The van der Waals surface area contributed by atoms with Crippen LogP contribution in [0.2, 0.25) is 0 Å². The van der Waals surface area contributed by atoms with E-state index in [0.717, 1.165) is 0 Å². The number of aliphatic hydroxyl groups excluding tert-OH is 3. The minimum atomic E-state index is -1.10. The van der Waals surface area contributed by atoms with E-state index in [1.807, 2.05) is 0 Å². The van der Waals surface area contributed by atoms with Crippen molar-refractivity contribution in [2.45, 2.75) is 45.0 Å². The van der Waals surface area contributed by atoms with Crippen LogP contribution in [0, 0.1) is 5.92 Å². The molecule has 15 heavy (non-hydrogen) atoms. The second-order valence-electron chi connectivity index (χ2n) is 3.79. The number of aldehydes is 1. The Labute approximate surface area is 88.7 Å². The summed E-state index contributed by atoms with van der Waals surface area (Å²) in [5, 5.41) is 27.2. The van der Waals surface area contributed by atoms with Crippen LogP contribution in [0.25, 0.3) is 0 Å². The molecule has 0 saturated carbocycles. The van der Waals surface area contributed by atoms with E-state index < -0.39 is 30.0 Å². The van der Waals surface area contributed by atoms with Gasteiger partial charge in [0.15, 0.2) is 5.78 Å². The van der Waals surface area contributed by atoms with Crippen molar-refractivity contribution >= 4 is 12.1 Å². The average Bonchev–Trinajstić information content (AvgIpc) is 2.15. The molecule has 0 radical (unpaired) electrons. The zero-order valence-electron chi connectivity index (χ0n) is 8.96. The average molecular weight is 218 g/mol. The van der Waals surface area contributed by atoms with Gasteiger partial charge < -0.3 is 20.1 Å². The molecule has 3 N–H and O–H groups in total. The Balaban J connectivity index is 4.15. The van der Waals surface area contributed by atoms with Crippen LogP contribution < -0.4 is 0 Å². The standard InChI is InChI=1S/C10H18O5/c1-6(12)9(14)3-8(5-11)4-10(15)7(2)13/h5-9,12-14H,3-4H2,1-2H3.